The molecule has 102 valence electrons. The Morgan fingerprint density at radius 3 is 2.63 bits per heavy atom. The van der Waals surface area contributed by atoms with Crippen LogP contribution in [0.15, 0.2) is 24.3 Å². The monoisotopic (exact) mass is 258 g/mol. The smallest absolute Gasteiger partial charge is 0.224 e. The highest BCUT2D eigenvalue weighted by atomic mass is 16.1. The van der Waals surface area contributed by atoms with E-state index in [1.807, 2.05) is 31.2 Å². The topological polar surface area (TPSA) is 44.9 Å². The van der Waals surface area contributed by atoms with Crippen molar-refractivity contribution in [3.8, 4) is 0 Å². The predicted octanol–water partition coefficient (Wildman–Crippen LogP) is 4.24. The average Bonchev–Trinajstić information content (AvgIpc) is 2.63. The second-order valence-corrected chi connectivity index (χ2v) is 6.28. The number of fused-ring (bicyclic) bond motifs is 1. The van der Waals surface area contributed by atoms with E-state index >= 15 is 0 Å². The summed E-state index contributed by atoms with van der Waals surface area (Å²) in [5, 5.41) is 4.11. The van der Waals surface area contributed by atoms with Crippen LogP contribution in [0.1, 0.15) is 39.3 Å². The van der Waals surface area contributed by atoms with Gasteiger partial charge in [0.15, 0.2) is 0 Å². The van der Waals surface area contributed by atoms with E-state index in [0.717, 1.165) is 28.7 Å². The maximum atomic E-state index is 12.0. The third kappa shape index (κ3) is 3.37. The van der Waals surface area contributed by atoms with Gasteiger partial charge in [-0.25, -0.2) is 0 Å². The van der Waals surface area contributed by atoms with Crippen LogP contribution in [-0.2, 0) is 4.79 Å². The summed E-state index contributed by atoms with van der Waals surface area (Å²) in [6.07, 6.45) is 1.45. The van der Waals surface area contributed by atoms with Crippen molar-refractivity contribution in [3.05, 3.63) is 30.0 Å². The largest absolute Gasteiger partial charge is 0.357 e. The van der Waals surface area contributed by atoms with Crippen molar-refractivity contribution in [2.24, 2.45) is 5.41 Å². The summed E-state index contributed by atoms with van der Waals surface area (Å²) < 4.78 is 0. The molecule has 2 aromatic rings. The van der Waals surface area contributed by atoms with Gasteiger partial charge < -0.3 is 10.3 Å². The first kappa shape index (κ1) is 13.7. The van der Waals surface area contributed by atoms with E-state index < -0.39 is 0 Å². The Morgan fingerprint density at radius 1 is 1.26 bits per heavy atom. The molecule has 0 aliphatic heterocycles. The molecule has 0 unspecified atom stereocenters. The Kier molecular flexibility index (Phi) is 3.65. The molecule has 1 heterocycles. The van der Waals surface area contributed by atoms with Crippen LogP contribution in [-0.4, -0.2) is 10.9 Å². The number of carbonyl (C=O) groups excluding carboxylic acids is 1. The first-order valence-corrected chi connectivity index (χ1v) is 6.74. The molecule has 3 heteroatoms. The number of aromatic amines is 1. The van der Waals surface area contributed by atoms with Gasteiger partial charge in [-0.15, -0.1) is 0 Å². The third-order valence-corrected chi connectivity index (χ3v) is 3.26. The van der Waals surface area contributed by atoms with Crippen molar-refractivity contribution in [1.82, 2.24) is 4.98 Å². The van der Waals surface area contributed by atoms with Crippen LogP contribution < -0.4 is 5.32 Å². The molecule has 1 amide bonds. The van der Waals surface area contributed by atoms with Crippen molar-refractivity contribution < 1.29 is 4.79 Å². The van der Waals surface area contributed by atoms with Gasteiger partial charge in [-0.2, -0.15) is 0 Å². The molecule has 2 rings (SSSR count). The quantitative estimate of drug-likeness (QED) is 0.849. The van der Waals surface area contributed by atoms with Gasteiger partial charge in [-0.05, 0) is 24.8 Å². The van der Waals surface area contributed by atoms with Gasteiger partial charge in [0, 0.05) is 23.0 Å². The molecule has 0 saturated carbocycles. The number of benzene rings is 1. The molecule has 19 heavy (non-hydrogen) atoms. The Bertz CT molecular complexity index is 590. The molecule has 0 aliphatic carbocycles. The molecule has 3 nitrogen and oxygen atoms in total. The minimum absolute atomic E-state index is 0.0859. The van der Waals surface area contributed by atoms with E-state index in [1.54, 1.807) is 0 Å². The van der Waals surface area contributed by atoms with Gasteiger partial charge in [0.25, 0.3) is 0 Å². The van der Waals surface area contributed by atoms with Gasteiger partial charge in [0.2, 0.25) is 5.91 Å². The fourth-order valence-electron chi connectivity index (χ4n) is 2.13. The molecule has 0 bridgehead atoms. The zero-order chi connectivity index (χ0) is 14.0. The number of nitrogens with one attached hydrogen (secondary N) is 2. The normalized spacial score (nSPS) is 11.8. The summed E-state index contributed by atoms with van der Waals surface area (Å²) in [6.45, 7) is 8.44. The number of rotatable bonds is 3. The lowest BCUT2D eigenvalue weighted by atomic mass is 9.90. The van der Waals surface area contributed by atoms with E-state index in [1.165, 1.54) is 0 Å². The number of amides is 1. The standard InChI is InChI=1S/C16H22N2O/c1-11-15(12-7-5-6-8-13(12)17-11)18-14(19)9-10-16(2,3)4/h5-8,17H,9-10H2,1-4H3,(H,18,19). The maximum absolute atomic E-state index is 12.0. The number of hydrogen-bond donors (Lipinski definition) is 2. The third-order valence-electron chi connectivity index (χ3n) is 3.26. The summed E-state index contributed by atoms with van der Waals surface area (Å²) in [5.74, 6) is 0.0859. The van der Waals surface area contributed by atoms with E-state index in [9.17, 15) is 4.79 Å². The highest BCUT2D eigenvalue weighted by Crippen LogP contribution is 2.27. The van der Waals surface area contributed by atoms with Crippen LogP contribution in [0, 0.1) is 12.3 Å². The lowest BCUT2D eigenvalue weighted by Crippen LogP contribution is -2.15. The van der Waals surface area contributed by atoms with E-state index in [-0.39, 0.29) is 11.3 Å². The van der Waals surface area contributed by atoms with Crippen LogP contribution in [0.5, 0.6) is 0 Å². The van der Waals surface area contributed by atoms with Crippen molar-refractivity contribution >= 4 is 22.5 Å². The van der Waals surface area contributed by atoms with E-state index in [4.69, 9.17) is 0 Å². The number of para-hydroxylation sites is 1. The molecule has 0 fully saturated rings. The fourth-order valence-corrected chi connectivity index (χ4v) is 2.13. The molecule has 0 atom stereocenters. The van der Waals surface area contributed by atoms with Gasteiger partial charge in [-0.3, -0.25) is 4.79 Å². The molecule has 2 N–H and O–H groups in total. The van der Waals surface area contributed by atoms with Crippen LogP contribution >= 0.6 is 0 Å². The summed E-state index contributed by atoms with van der Waals surface area (Å²) in [7, 11) is 0. The fraction of sp³-hybridized carbons (Fsp3) is 0.438. The Labute approximate surface area is 114 Å². The second-order valence-electron chi connectivity index (χ2n) is 6.28. The van der Waals surface area contributed by atoms with Gasteiger partial charge >= 0.3 is 0 Å². The maximum Gasteiger partial charge on any atom is 0.224 e. The van der Waals surface area contributed by atoms with Crippen LogP contribution in [0.2, 0.25) is 0 Å². The number of aromatic nitrogens is 1. The number of carbonyl (C=O) groups is 1. The molecule has 1 aromatic carbocycles. The second kappa shape index (κ2) is 5.08. The summed E-state index contributed by atoms with van der Waals surface area (Å²) in [5.41, 5.74) is 3.16. The zero-order valence-electron chi connectivity index (χ0n) is 12.1. The summed E-state index contributed by atoms with van der Waals surface area (Å²) in [6, 6.07) is 8.02. The Balaban J connectivity index is 2.13. The lowest BCUT2D eigenvalue weighted by molar-refractivity contribution is -0.116. The Morgan fingerprint density at radius 2 is 1.95 bits per heavy atom. The SMILES string of the molecule is Cc1[nH]c2ccccc2c1NC(=O)CCC(C)(C)C. The van der Waals surface area contributed by atoms with Gasteiger partial charge in [0.05, 0.1) is 5.69 Å². The summed E-state index contributed by atoms with van der Waals surface area (Å²) in [4.78, 5) is 15.3. The minimum Gasteiger partial charge on any atom is -0.357 e. The van der Waals surface area contributed by atoms with Gasteiger partial charge in [0.1, 0.15) is 0 Å². The first-order chi connectivity index (χ1) is 8.87. The lowest BCUT2D eigenvalue weighted by Gasteiger charge is -2.17. The molecule has 1 aromatic heterocycles. The van der Waals surface area contributed by atoms with E-state index in [0.29, 0.717) is 6.42 Å². The Hall–Kier alpha value is -1.77. The number of H-pyrrole nitrogens is 1. The van der Waals surface area contributed by atoms with Gasteiger partial charge in [-0.1, -0.05) is 39.0 Å². The summed E-state index contributed by atoms with van der Waals surface area (Å²) >= 11 is 0. The number of aryl methyl sites for hydroxylation is 1. The molecule has 0 radical (unpaired) electrons. The van der Waals surface area contributed by atoms with Crippen molar-refractivity contribution in [1.29, 1.82) is 0 Å². The number of anilines is 1. The highest BCUT2D eigenvalue weighted by molar-refractivity contribution is 6.02. The van der Waals surface area contributed by atoms with E-state index in [2.05, 4.69) is 31.1 Å². The van der Waals surface area contributed by atoms with Crippen molar-refractivity contribution in [3.63, 3.8) is 0 Å². The molecule has 0 aliphatic rings. The zero-order valence-corrected chi connectivity index (χ0v) is 12.1. The predicted molar refractivity (Wildman–Crippen MR) is 80.4 cm³/mol. The molecule has 0 saturated heterocycles. The first-order valence-electron chi connectivity index (χ1n) is 6.74. The molecular formula is C16H22N2O. The molecule has 0 spiro atoms. The van der Waals surface area contributed by atoms with Crippen LogP contribution in [0.25, 0.3) is 10.9 Å². The minimum atomic E-state index is 0.0859. The van der Waals surface area contributed by atoms with Crippen molar-refractivity contribution in [2.75, 3.05) is 5.32 Å². The highest BCUT2D eigenvalue weighted by Gasteiger charge is 2.15. The van der Waals surface area contributed by atoms with Crippen LogP contribution in [0.3, 0.4) is 0 Å². The van der Waals surface area contributed by atoms with Crippen molar-refractivity contribution in [2.45, 2.75) is 40.5 Å². The molecular weight excluding hydrogens is 236 g/mol. The average molecular weight is 258 g/mol. The number of hydrogen-bond acceptors (Lipinski definition) is 1. The van der Waals surface area contributed by atoms with Crippen LogP contribution in [0.4, 0.5) is 5.69 Å².